The number of ether oxygens (including phenoxy) is 2. The Bertz CT molecular complexity index is 726. The van der Waals surface area contributed by atoms with Crippen LogP contribution in [0.1, 0.15) is 47.9 Å². The number of anilines is 1. The van der Waals surface area contributed by atoms with Gasteiger partial charge in [0.15, 0.2) is 0 Å². The van der Waals surface area contributed by atoms with Gasteiger partial charge in [-0.05, 0) is 50.3 Å². The lowest BCUT2D eigenvalue weighted by Crippen LogP contribution is -2.12. The molecule has 0 unspecified atom stereocenters. The fraction of sp³-hybridized carbons (Fsp3) is 0.500. The Morgan fingerprint density at radius 3 is 3.08 bits per heavy atom. The first kappa shape index (κ1) is 17.8. The van der Waals surface area contributed by atoms with Crippen molar-refractivity contribution >= 4 is 22.4 Å². The lowest BCUT2D eigenvalue weighted by atomic mass is 10.1. The van der Waals surface area contributed by atoms with E-state index in [4.69, 9.17) is 9.47 Å². The maximum atomic E-state index is 12.0. The van der Waals surface area contributed by atoms with Crippen LogP contribution in [0.2, 0.25) is 0 Å². The van der Waals surface area contributed by atoms with Gasteiger partial charge in [0.1, 0.15) is 16.9 Å². The first-order valence-electron chi connectivity index (χ1n) is 8.57. The summed E-state index contributed by atoms with van der Waals surface area (Å²) in [5.74, 6) is 0.811. The largest absolute Gasteiger partial charge is 0.493 e. The molecule has 1 amide bonds. The molecule has 0 bridgehead atoms. The maximum absolute atomic E-state index is 12.0. The molecule has 0 radical (unpaired) electrons. The van der Waals surface area contributed by atoms with Crippen LogP contribution in [0.25, 0.3) is 0 Å². The van der Waals surface area contributed by atoms with E-state index >= 15 is 0 Å². The third-order valence-electron chi connectivity index (χ3n) is 4.04. The van der Waals surface area contributed by atoms with Crippen molar-refractivity contribution in [2.75, 3.05) is 18.5 Å². The molecule has 25 heavy (non-hydrogen) atoms. The predicted octanol–water partition coefficient (Wildman–Crippen LogP) is 3.80. The van der Waals surface area contributed by atoms with Gasteiger partial charge in [0.2, 0.25) is 11.0 Å². The Hall–Kier alpha value is -1.99. The standard InChI is InChI=1S/C18H23N3O3S/c1-12-7-8-13(2)15(11-12)24-10-4-6-16(22)19-18-21-20-17(25-18)14-5-3-9-23-14/h7-8,11,14H,3-6,9-10H2,1-2H3,(H,19,21,22)/t14-/m1/s1. The zero-order valence-electron chi connectivity index (χ0n) is 14.6. The van der Waals surface area contributed by atoms with Crippen molar-refractivity contribution < 1.29 is 14.3 Å². The van der Waals surface area contributed by atoms with Crippen LogP contribution in [-0.4, -0.2) is 29.3 Å². The van der Waals surface area contributed by atoms with Crippen LogP contribution >= 0.6 is 11.3 Å². The minimum Gasteiger partial charge on any atom is -0.493 e. The molecular formula is C18H23N3O3S. The quantitative estimate of drug-likeness (QED) is 0.759. The van der Waals surface area contributed by atoms with Crippen molar-refractivity contribution in [3.63, 3.8) is 0 Å². The van der Waals surface area contributed by atoms with Crippen molar-refractivity contribution in [1.82, 2.24) is 10.2 Å². The topological polar surface area (TPSA) is 73.3 Å². The number of hydrogen-bond acceptors (Lipinski definition) is 6. The summed E-state index contributed by atoms with van der Waals surface area (Å²) in [6.45, 7) is 5.33. The van der Waals surface area contributed by atoms with Gasteiger partial charge < -0.3 is 14.8 Å². The number of aryl methyl sites for hydroxylation is 2. The Balaban J connectivity index is 1.40. The Labute approximate surface area is 151 Å². The smallest absolute Gasteiger partial charge is 0.226 e. The van der Waals surface area contributed by atoms with Crippen LogP contribution in [0.15, 0.2) is 18.2 Å². The predicted molar refractivity (Wildman–Crippen MR) is 97.1 cm³/mol. The van der Waals surface area contributed by atoms with Crippen LogP contribution in [0, 0.1) is 13.8 Å². The van der Waals surface area contributed by atoms with E-state index in [0.717, 1.165) is 41.3 Å². The molecule has 0 spiro atoms. The molecule has 1 aromatic carbocycles. The number of aromatic nitrogens is 2. The molecule has 1 aliphatic rings. The van der Waals surface area contributed by atoms with Gasteiger partial charge in [-0.15, -0.1) is 10.2 Å². The van der Waals surface area contributed by atoms with Gasteiger partial charge in [0, 0.05) is 13.0 Å². The Morgan fingerprint density at radius 1 is 1.40 bits per heavy atom. The van der Waals surface area contributed by atoms with E-state index in [1.54, 1.807) is 0 Å². The van der Waals surface area contributed by atoms with E-state index in [-0.39, 0.29) is 12.0 Å². The molecule has 0 aliphatic carbocycles. The van der Waals surface area contributed by atoms with Crippen molar-refractivity contribution in [2.24, 2.45) is 0 Å². The van der Waals surface area contributed by atoms with Crippen LogP contribution in [-0.2, 0) is 9.53 Å². The van der Waals surface area contributed by atoms with Gasteiger partial charge in [-0.3, -0.25) is 4.79 Å². The second-order valence-corrected chi connectivity index (χ2v) is 7.23. The van der Waals surface area contributed by atoms with Gasteiger partial charge in [-0.25, -0.2) is 0 Å². The second kappa shape index (κ2) is 8.40. The zero-order valence-corrected chi connectivity index (χ0v) is 15.4. The van der Waals surface area contributed by atoms with Crippen molar-refractivity contribution in [1.29, 1.82) is 0 Å². The number of amides is 1. The Morgan fingerprint density at radius 2 is 2.28 bits per heavy atom. The van der Waals surface area contributed by atoms with Crippen LogP contribution in [0.3, 0.4) is 0 Å². The number of nitrogens with one attached hydrogen (secondary N) is 1. The molecule has 1 N–H and O–H groups in total. The highest BCUT2D eigenvalue weighted by Crippen LogP contribution is 2.31. The molecule has 1 fully saturated rings. The van der Waals surface area contributed by atoms with Crippen LogP contribution in [0.5, 0.6) is 5.75 Å². The van der Waals surface area contributed by atoms with Gasteiger partial charge in [0.05, 0.1) is 6.61 Å². The minimum atomic E-state index is -0.0698. The first-order valence-corrected chi connectivity index (χ1v) is 9.38. The van der Waals surface area contributed by atoms with E-state index in [0.29, 0.717) is 24.6 Å². The van der Waals surface area contributed by atoms with Gasteiger partial charge in [0.25, 0.3) is 0 Å². The molecule has 1 aliphatic heterocycles. The summed E-state index contributed by atoms with van der Waals surface area (Å²) >= 11 is 1.39. The molecular weight excluding hydrogens is 338 g/mol. The van der Waals surface area contributed by atoms with Gasteiger partial charge >= 0.3 is 0 Å². The molecule has 3 rings (SSSR count). The van der Waals surface area contributed by atoms with E-state index < -0.39 is 0 Å². The monoisotopic (exact) mass is 361 g/mol. The zero-order chi connectivity index (χ0) is 17.6. The van der Waals surface area contributed by atoms with Crippen LogP contribution in [0.4, 0.5) is 5.13 Å². The number of rotatable bonds is 7. The SMILES string of the molecule is Cc1ccc(C)c(OCCCC(=O)Nc2nnc([C@H]3CCCO3)s2)c1. The number of hydrogen-bond donors (Lipinski definition) is 1. The summed E-state index contributed by atoms with van der Waals surface area (Å²) in [5, 5.41) is 12.3. The summed E-state index contributed by atoms with van der Waals surface area (Å²) in [5.41, 5.74) is 2.27. The summed E-state index contributed by atoms with van der Waals surface area (Å²) in [4.78, 5) is 12.0. The average molecular weight is 361 g/mol. The van der Waals surface area contributed by atoms with Crippen molar-refractivity contribution in [3.05, 3.63) is 34.3 Å². The molecule has 2 heterocycles. The van der Waals surface area contributed by atoms with Gasteiger partial charge in [-0.1, -0.05) is 23.5 Å². The minimum absolute atomic E-state index is 0.0362. The maximum Gasteiger partial charge on any atom is 0.226 e. The number of carbonyl (C=O) groups is 1. The summed E-state index contributed by atoms with van der Waals surface area (Å²) < 4.78 is 11.3. The lowest BCUT2D eigenvalue weighted by molar-refractivity contribution is -0.116. The third kappa shape index (κ3) is 4.99. The van der Waals surface area contributed by atoms with Crippen LogP contribution < -0.4 is 10.1 Å². The Kier molecular flexibility index (Phi) is 5.99. The van der Waals surface area contributed by atoms with Gasteiger partial charge in [-0.2, -0.15) is 0 Å². The highest BCUT2D eigenvalue weighted by Gasteiger charge is 2.22. The molecule has 1 atom stereocenters. The highest BCUT2D eigenvalue weighted by molar-refractivity contribution is 7.15. The fourth-order valence-corrected chi connectivity index (χ4v) is 3.49. The van der Waals surface area contributed by atoms with E-state index in [1.807, 2.05) is 26.0 Å². The summed E-state index contributed by atoms with van der Waals surface area (Å²) in [7, 11) is 0. The third-order valence-corrected chi connectivity index (χ3v) is 4.97. The molecule has 6 nitrogen and oxygen atoms in total. The van der Waals surface area contributed by atoms with E-state index in [1.165, 1.54) is 11.3 Å². The van der Waals surface area contributed by atoms with Crippen molar-refractivity contribution in [3.8, 4) is 5.75 Å². The average Bonchev–Trinajstić information content (AvgIpc) is 3.26. The molecule has 0 saturated carbocycles. The first-order chi connectivity index (χ1) is 12.1. The number of nitrogens with zero attached hydrogens (tertiary/aromatic N) is 2. The van der Waals surface area contributed by atoms with E-state index in [9.17, 15) is 4.79 Å². The van der Waals surface area contributed by atoms with E-state index in [2.05, 4.69) is 21.6 Å². The fourth-order valence-electron chi connectivity index (χ4n) is 2.65. The normalized spacial score (nSPS) is 16.8. The molecule has 134 valence electrons. The molecule has 7 heteroatoms. The molecule has 1 aromatic heterocycles. The number of carbonyl (C=O) groups excluding carboxylic acids is 1. The number of benzene rings is 1. The second-order valence-electron chi connectivity index (χ2n) is 6.22. The summed E-state index contributed by atoms with van der Waals surface area (Å²) in [6, 6.07) is 6.12. The van der Waals surface area contributed by atoms with Crippen molar-refractivity contribution in [2.45, 2.75) is 45.6 Å². The molecule has 1 saturated heterocycles. The lowest BCUT2D eigenvalue weighted by Gasteiger charge is -2.09. The molecule has 2 aromatic rings. The highest BCUT2D eigenvalue weighted by atomic mass is 32.1. The summed E-state index contributed by atoms with van der Waals surface area (Å²) in [6.07, 6.45) is 3.09.